The Hall–Kier alpha value is -3.97. The highest BCUT2D eigenvalue weighted by Crippen LogP contribution is 2.34. The molecule has 1 aliphatic heterocycles. The van der Waals surface area contributed by atoms with Crippen LogP contribution in [0.1, 0.15) is 5.56 Å². The minimum Gasteiger partial charge on any atom is -0.495 e. The van der Waals surface area contributed by atoms with Gasteiger partial charge in [-0.05, 0) is 47.7 Å². The van der Waals surface area contributed by atoms with E-state index in [0.29, 0.717) is 28.5 Å². The lowest BCUT2D eigenvalue weighted by molar-refractivity contribution is -0.127. The summed E-state index contributed by atoms with van der Waals surface area (Å²) in [5.41, 5.74) is 1.03. The number of nitriles is 1. The normalized spacial score (nSPS) is 14.3. The molecule has 1 aliphatic rings. The smallest absolute Gasteiger partial charge is 0.294 e. The van der Waals surface area contributed by atoms with Crippen molar-refractivity contribution >= 4 is 40.6 Å². The summed E-state index contributed by atoms with van der Waals surface area (Å²) in [6, 6.07) is 13.6. The molecule has 1 saturated heterocycles. The molecule has 0 atom stereocenters. The number of thioether (sulfide) groups is 1. The zero-order valence-electron chi connectivity index (χ0n) is 17.3. The average Bonchev–Trinajstić information content (AvgIpc) is 3.05. The molecule has 1 N–H and O–H groups in total. The molecule has 2 aromatic rings. The molecule has 0 unspecified atom stereocenters. The molecule has 0 saturated carbocycles. The predicted octanol–water partition coefficient (Wildman–Crippen LogP) is 3.28. The van der Waals surface area contributed by atoms with Crippen molar-refractivity contribution in [2.24, 2.45) is 0 Å². The second kappa shape index (κ2) is 10.4. The maximum Gasteiger partial charge on any atom is 0.294 e. The monoisotopic (exact) mass is 453 g/mol. The number of hydrogen-bond acceptors (Lipinski definition) is 8. The van der Waals surface area contributed by atoms with E-state index in [9.17, 15) is 14.4 Å². The molecule has 164 valence electrons. The van der Waals surface area contributed by atoms with Crippen molar-refractivity contribution in [2.75, 3.05) is 32.7 Å². The summed E-state index contributed by atoms with van der Waals surface area (Å²) in [5.74, 6) is 0.125. The van der Waals surface area contributed by atoms with Gasteiger partial charge in [0.05, 0.1) is 24.8 Å². The lowest BCUT2D eigenvalue weighted by atomic mass is 10.2. The number of benzene rings is 2. The topological polar surface area (TPSA) is 118 Å². The number of para-hydroxylation sites is 2. The number of methoxy groups -OCH3 is 2. The Morgan fingerprint density at radius 2 is 1.88 bits per heavy atom. The van der Waals surface area contributed by atoms with Crippen molar-refractivity contribution < 1.29 is 28.6 Å². The van der Waals surface area contributed by atoms with Crippen LogP contribution in [0.2, 0.25) is 0 Å². The van der Waals surface area contributed by atoms with Crippen LogP contribution in [-0.2, 0) is 9.59 Å². The third-order valence-corrected chi connectivity index (χ3v) is 5.24. The maximum atomic E-state index is 12.7. The van der Waals surface area contributed by atoms with E-state index in [-0.39, 0.29) is 11.5 Å². The molecule has 10 heteroatoms. The average molecular weight is 453 g/mol. The van der Waals surface area contributed by atoms with E-state index in [1.807, 2.05) is 6.07 Å². The van der Waals surface area contributed by atoms with E-state index in [1.165, 1.54) is 20.3 Å². The Balaban J connectivity index is 1.72. The minimum absolute atomic E-state index is 0.133. The third-order valence-electron chi connectivity index (χ3n) is 4.33. The Kier molecular flexibility index (Phi) is 7.36. The van der Waals surface area contributed by atoms with Crippen molar-refractivity contribution in [3.8, 4) is 23.3 Å². The van der Waals surface area contributed by atoms with Gasteiger partial charge in [0.15, 0.2) is 18.1 Å². The molecule has 32 heavy (non-hydrogen) atoms. The van der Waals surface area contributed by atoms with Crippen molar-refractivity contribution in [2.45, 2.75) is 0 Å². The summed E-state index contributed by atoms with van der Waals surface area (Å²) in [6.07, 6.45) is 1.53. The van der Waals surface area contributed by atoms with Gasteiger partial charge in [-0.15, -0.1) is 0 Å². The fourth-order valence-corrected chi connectivity index (χ4v) is 3.71. The molecule has 0 radical (unpaired) electrons. The van der Waals surface area contributed by atoms with Gasteiger partial charge >= 0.3 is 0 Å². The number of carbonyl (C=O) groups is 3. The molecular formula is C22H19N3O6S. The third kappa shape index (κ3) is 5.19. The van der Waals surface area contributed by atoms with E-state index in [2.05, 4.69) is 5.32 Å². The first-order valence-electron chi connectivity index (χ1n) is 9.33. The van der Waals surface area contributed by atoms with E-state index < -0.39 is 23.6 Å². The first-order chi connectivity index (χ1) is 15.5. The highest BCUT2D eigenvalue weighted by molar-refractivity contribution is 8.18. The Bertz CT molecular complexity index is 1120. The second-order valence-electron chi connectivity index (χ2n) is 6.37. The summed E-state index contributed by atoms with van der Waals surface area (Å²) < 4.78 is 15.7. The molecule has 3 rings (SSSR count). The quantitative estimate of drug-likeness (QED) is 0.605. The molecule has 3 amide bonds. The SMILES string of the molecule is COc1ccccc1NC(=O)CN1C(=O)S/C(=C\c2ccc(OCC#N)c(OC)c2)C1=O. The van der Waals surface area contributed by atoms with Gasteiger partial charge in [0.1, 0.15) is 18.4 Å². The van der Waals surface area contributed by atoms with Crippen molar-refractivity contribution in [3.05, 3.63) is 52.9 Å². The lowest BCUT2D eigenvalue weighted by Gasteiger charge is -2.14. The van der Waals surface area contributed by atoms with Crippen LogP contribution in [0, 0.1) is 11.3 Å². The van der Waals surface area contributed by atoms with Crippen molar-refractivity contribution in [1.82, 2.24) is 4.90 Å². The van der Waals surface area contributed by atoms with Gasteiger partial charge in [-0.2, -0.15) is 5.26 Å². The number of ether oxygens (including phenoxy) is 3. The lowest BCUT2D eigenvalue weighted by Crippen LogP contribution is -2.36. The van der Waals surface area contributed by atoms with Gasteiger partial charge in [0.25, 0.3) is 11.1 Å². The molecule has 9 nitrogen and oxygen atoms in total. The number of hydrogen-bond donors (Lipinski definition) is 1. The van der Waals surface area contributed by atoms with Gasteiger partial charge in [-0.1, -0.05) is 18.2 Å². The number of imide groups is 1. The number of nitrogens with one attached hydrogen (secondary N) is 1. The Morgan fingerprint density at radius 1 is 1.12 bits per heavy atom. The number of carbonyl (C=O) groups excluding carboxylic acids is 3. The zero-order valence-corrected chi connectivity index (χ0v) is 18.1. The van der Waals surface area contributed by atoms with Crippen molar-refractivity contribution in [1.29, 1.82) is 5.26 Å². The van der Waals surface area contributed by atoms with Crippen LogP contribution in [0.15, 0.2) is 47.4 Å². The summed E-state index contributed by atoms with van der Waals surface area (Å²) in [5, 5.41) is 10.7. The maximum absolute atomic E-state index is 12.7. The summed E-state index contributed by atoms with van der Waals surface area (Å²) in [7, 11) is 2.93. The van der Waals surface area contributed by atoms with Crippen molar-refractivity contribution in [3.63, 3.8) is 0 Å². The standard InChI is InChI=1S/C22H19N3O6S/c1-29-16-6-4-3-5-15(16)24-20(26)13-25-21(27)19(32-22(25)28)12-14-7-8-17(31-10-9-23)18(11-14)30-2/h3-8,11-12H,10,13H2,1-2H3,(H,24,26)/b19-12-. The Labute approximate surface area is 188 Å². The molecule has 0 aromatic heterocycles. The molecule has 1 heterocycles. The summed E-state index contributed by atoms with van der Waals surface area (Å²) >= 11 is 0.743. The second-order valence-corrected chi connectivity index (χ2v) is 7.37. The number of anilines is 1. The molecule has 0 bridgehead atoms. The van der Waals surface area contributed by atoms with Crippen LogP contribution < -0.4 is 19.5 Å². The zero-order chi connectivity index (χ0) is 23.1. The molecule has 0 aliphatic carbocycles. The van der Waals surface area contributed by atoms with Crippen LogP contribution in [0.4, 0.5) is 10.5 Å². The van der Waals surface area contributed by atoms with Gasteiger partial charge in [-0.25, -0.2) is 0 Å². The largest absolute Gasteiger partial charge is 0.495 e. The highest BCUT2D eigenvalue weighted by Gasteiger charge is 2.36. The van der Waals surface area contributed by atoms with E-state index in [4.69, 9.17) is 19.5 Å². The summed E-state index contributed by atoms with van der Waals surface area (Å²) in [6.45, 7) is -0.560. The van der Waals surface area contributed by atoms with Gasteiger partial charge < -0.3 is 19.5 Å². The van der Waals surface area contributed by atoms with Gasteiger partial charge in [0.2, 0.25) is 5.91 Å². The predicted molar refractivity (Wildman–Crippen MR) is 118 cm³/mol. The van der Waals surface area contributed by atoms with E-state index in [1.54, 1.807) is 42.5 Å². The van der Waals surface area contributed by atoms with Crippen LogP contribution >= 0.6 is 11.8 Å². The number of rotatable bonds is 8. The fourth-order valence-electron chi connectivity index (χ4n) is 2.87. The first kappa shape index (κ1) is 22.7. The molecule has 0 spiro atoms. The first-order valence-corrected chi connectivity index (χ1v) is 10.1. The summed E-state index contributed by atoms with van der Waals surface area (Å²) in [4.78, 5) is 38.5. The van der Waals surface area contributed by atoms with Gasteiger partial charge in [0, 0.05) is 0 Å². The molecule has 2 aromatic carbocycles. The van der Waals surface area contributed by atoms with E-state index in [0.717, 1.165) is 16.7 Å². The van der Waals surface area contributed by atoms with Crippen LogP contribution in [0.3, 0.4) is 0 Å². The van der Waals surface area contributed by atoms with E-state index >= 15 is 0 Å². The van der Waals surface area contributed by atoms with Crippen LogP contribution in [-0.4, -0.2) is 49.3 Å². The number of nitrogens with zero attached hydrogens (tertiary/aromatic N) is 2. The van der Waals surface area contributed by atoms with Gasteiger partial charge in [-0.3, -0.25) is 19.3 Å². The highest BCUT2D eigenvalue weighted by atomic mass is 32.2. The van der Waals surface area contributed by atoms with Crippen LogP contribution in [0.5, 0.6) is 17.2 Å². The molecular weight excluding hydrogens is 434 g/mol. The molecule has 1 fully saturated rings. The number of amides is 3. The Morgan fingerprint density at radius 3 is 2.59 bits per heavy atom. The fraction of sp³-hybridized carbons (Fsp3) is 0.182. The minimum atomic E-state index is -0.570. The van der Waals surface area contributed by atoms with Crippen LogP contribution in [0.25, 0.3) is 6.08 Å².